The fourth-order valence-corrected chi connectivity index (χ4v) is 3.56. The molecule has 0 aliphatic carbocycles. The maximum absolute atomic E-state index is 12.8. The lowest BCUT2D eigenvalue weighted by atomic mass is 10.1. The van der Waals surface area contributed by atoms with Crippen LogP contribution in [0.2, 0.25) is 0 Å². The number of rotatable bonds is 6. The smallest absolute Gasteiger partial charge is 0.320 e. The highest BCUT2D eigenvalue weighted by atomic mass is 16.2. The summed E-state index contributed by atoms with van der Waals surface area (Å²) in [6.07, 6.45) is 2.09. The number of nitrogens with one attached hydrogen (secondary N) is 3. The minimum atomic E-state index is -0.452. The molecule has 154 valence electrons. The largest absolute Gasteiger partial charge is 0.347 e. The third kappa shape index (κ3) is 4.35. The summed E-state index contributed by atoms with van der Waals surface area (Å²) in [5.41, 5.74) is 2.81. The van der Waals surface area contributed by atoms with Gasteiger partial charge in [0.1, 0.15) is 11.9 Å². The van der Waals surface area contributed by atoms with Crippen LogP contribution in [0.1, 0.15) is 37.1 Å². The maximum atomic E-state index is 12.8. The molecule has 4 rings (SSSR count). The Morgan fingerprint density at radius 1 is 1.13 bits per heavy atom. The van der Waals surface area contributed by atoms with E-state index in [-0.39, 0.29) is 6.03 Å². The highest BCUT2D eigenvalue weighted by Crippen LogP contribution is 2.23. The fourth-order valence-electron chi connectivity index (χ4n) is 3.56. The van der Waals surface area contributed by atoms with Gasteiger partial charge in [-0.25, -0.2) is 9.78 Å². The van der Waals surface area contributed by atoms with E-state index in [1.54, 1.807) is 0 Å². The Hall–Kier alpha value is -3.61. The van der Waals surface area contributed by atoms with E-state index in [1.165, 1.54) is 0 Å². The molecule has 3 N–H and O–H groups in total. The summed E-state index contributed by atoms with van der Waals surface area (Å²) in [7, 11) is 0. The van der Waals surface area contributed by atoms with Crippen molar-refractivity contribution in [2.75, 3.05) is 5.32 Å². The molecular weight excluding hydrogens is 376 g/mol. The van der Waals surface area contributed by atoms with Crippen molar-refractivity contribution in [3.05, 3.63) is 78.0 Å². The summed E-state index contributed by atoms with van der Waals surface area (Å²) in [5, 5.41) is 14.1. The number of H-pyrrole nitrogens is 1. The number of urea groups is 1. The molecule has 1 unspecified atom stereocenters. The molecule has 7 heteroatoms. The monoisotopic (exact) mass is 402 g/mol. The lowest BCUT2D eigenvalue weighted by Crippen LogP contribution is -2.33. The van der Waals surface area contributed by atoms with Gasteiger partial charge in [-0.15, -0.1) is 0 Å². The van der Waals surface area contributed by atoms with Crippen molar-refractivity contribution >= 4 is 22.6 Å². The van der Waals surface area contributed by atoms with E-state index in [2.05, 4.69) is 56.5 Å². The second-order valence-electron chi connectivity index (χ2n) is 7.86. The summed E-state index contributed by atoms with van der Waals surface area (Å²) in [5.74, 6) is 1.79. The first kappa shape index (κ1) is 19.7. The van der Waals surface area contributed by atoms with Crippen molar-refractivity contribution in [3.63, 3.8) is 0 Å². The summed E-state index contributed by atoms with van der Waals surface area (Å²) in [6, 6.07) is 16.9. The molecule has 2 aromatic carbocycles. The molecule has 1 atom stereocenters. The first-order chi connectivity index (χ1) is 14.5. The van der Waals surface area contributed by atoms with Crippen molar-refractivity contribution < 1.29 is 4.79 Å². The normalized spacial score (nSPS) is 12.3. The Balaban J connectivity index is 1.52. The predicted molar refractivity (Wildman–Crippen MR) is 118 cm³/mol. The number of amides is 2. The number of aryl methyl sites for hydroxylation is 1. The molecule has 0 spiro atoms. The molecule has 0 saturated heterocycles. The van der Waals surface area contributed by atoms with E-state index in [0.29, 0.717) is 17.6 Å². The molecule has 4 aromatic rings. The van der Waals surface area contributed by atoms with Crippen molar-refractivity contribution in [1.29, 1.82) is 0 Å². The van der Waals surface area contributed by atoms with E-state index >= 15 is 0 Å². The Morgan fingerprint density at radius 3 is 2.63 bits per heavy atom. The predicted octanol–water partition coefficient (Wildman–Crippen LogP) is 4.63. The van der Waals surface area contributed by atoms with Gasteiger partial charge >= 0.3 is 6.03 Å². The number of hydrogen-bond acceptors (Lipinski definition) is 3. The molecule has 0 radical (unpaired) electrons. The molecule has 0 fully saturated rings. The number of nitrogens with zero attached hydrogens (tertiary/aromatic N) is 3. The van der Waals surface area contributed by atoms with Gasteiger partial charge in [-0.05, 0) is 42.7 Å². The average molecular weight is 403 g/mol. The van der Waals surface area contributed by atoms with Crippen molar-refractivity contribution in [3.8, 4) is 0 Å². The van der Waals surface area contributed by atoms with Crippen molar-refractivity contribution in [2.45, 2.75) is 33.4 Å². The summed E-state index contributed by atoms with van der Waals surface area (Å²) >= 11 is 0. The van der Waals surface area contributed by atoms with Gasteiger partial charge in [-0.1, -0.05) is 44.2 Å². The van der Waals surface area contributed by atoms with Crippen LogP contribution in [0.4, 0.5) is 10.5 Å². The molecular formula is C23H26N6O. The third-order valence-corrected chi connectivity index (χ3v) is 4.87. The SMILES string of the molecule is Cc1nc(C(NC(=O)Nc2ccc3c(ccn3CC(C)C)c2)c2ccccc2)n[nH]1. The molecule has 0 bridgehead atoms. The zero-order valence-electron chi connectivity index (χ0n) is 17.4. The number of benzene rings is 2. The van der Waals surface area contributed by atoms with Crippen molar-refractivity contribution in [2.24, 2.45) is 5.92 Å². The van der Waals surface area contributed by atoms with E-state index in [9.17, 15) is 4.79 Å². The van der Waals surface area contributed by atoms with Gasteiger partial charge in [0.05, 0.1) is 0 Å². The van der Waals surface area contributed by atoms with Gasteiger partial charge in [0.25, 0.3) is 0 Å². The van der Waals surface area contributed by atoms with Gasteiger partial charge in [-0.2, -0.15) is 5.10 Å². The first-order valence-electron chi connectivity index (χ1n) is 10.1. The van der Waals surface area contributed by atoms with E-state index in [0.717, 1.165) is 28.7 Å². The zero-order chi connectivity index (χ0) is 21.1. The average Bonchev–Trinajstić information content (AvgIpc) is 3.32. The zero-order valence-corrected chi connectivity index (χ0v) is 17.4. The van der Waals surface area contributed by atoms with E-state index < -0.39 is 6.04 Å². The van der Waals surface area contributed by atoms with Crippen LogP contribution in [-0.2, 0) is 6.54 Å². The van der Waals surface area contributed by atoms with Crippen LogP contribution in [0.25, 0.3) is 10.9 Å². The fraction of sp³-hybridized carbons (Fsp3) is 0.261. The molecule has 2 heterocycles. The van der Waals surface area contributed by atoms with Gasteiger partial charge in [0.2, 0.25) is 0 Å². The Labute approximate surface area is 175 Å². The summed E-state index contributed by atoms with van der Waals surface area (Å²) in [6.45, 7) is 7.20. The lowest BCUT2D eigenvalue weighted by Gasteiger charge is -2.17. The van der Waals surface area contributed by atoms with Crippen LogP contribution in [0.5, 0.6) is 0 Å². The van der Waals surface area contributed by atoms with Crippen LogP contribution in [0, 0.1) is 12.8 Å². The standard InChI is InChI=1S/C23H26N6O/c1-15(2)14-29-12-11-18-13-19(9-10-20(18)29)25-23(30)26-21(17-7-5-4-6-8-17)22-24-16(3)27-28-22/h4-13,15,21H,14H2,1-3H3,(H,24,27,28)(H2,25,26,30). The molecule has 7 nitrogen and oxygen atoms in total. The highest BCUT2D eigenvalue weighted by Gasteiger charge is 2.21. The number of fused-ring (bicyclic) bond motifs is 1. The van der Waals surface area contributed by atoms with E-state index in [1.807, 2.05) is 55.5 Å². The molecule has 0 saturated carbocycles. The number of aromatic amines is 1. The topological polar surface area (TPSA) is 87.6 Å². The number of anilines is 1. The molecule has 2 amide bonds. The van der Waals surface area contributed by atoms with Gasteiger partial charge < -0.3 is 15.2 Å². The lowest BCUT2D eigenvalue weighted by molar-refractivity contribution is 0.249. The second kappa shape index (κ2) is 8.41. The first-order valence-corrected chi connectivity index (χ1v) is 10.1. The van der Waals surface area contributed by atoms with Crippen LogP contribution in [-0.4, -0.2) is 25.8 Å². The number of carbonyl (C=O) groups is 1. The Morgan fingerprint density at radius 2 is 1.93 bits per heavy atom. The second-order valence-corrected chi connectivity index (χ2v) is 7.86. The molecule has 0 aliphatic rings. The summed E-state index contributed by atoms with van der Waals surface area (Å²) in [4.78, 5) is 17.2. The Bertz CT molecular complexity index is 1140. The number of aromatic nitrogens is 4. The van der Waals surface area contributed by atoms with Gasteiger partial charge in [-0.3, -0.25) is 5.10 Å². The van der Waals surface area contributed by atoms with Gasteiger partial charge in [0, 0.05) is 29.3 Å². The van der Waals surface area contributed by atoms with Gasteiger partial charge in [0.15, 0.2) is 5.82 Å². The molecule has 30 heavy (non-hydrogen) atoms. The maximum Gasteiger partial charge on any atom is 0.320 e. The Kier molecular flexibility index (Phi) is 5.52. The minimum Gasteiger partial charge on any atom is -0.347 e. The van der Waals surface area contributed by atoms with Crippen molar-refractivity contribution in [1.82, 2.24) is 25.1 Å². The van der Waals surface area contributed by atoms with E-state index in [4.69, 9.17) is 0 Å². The van der Waals surface area contributed by atoms with Crippen LogP contribution in [0.15, 0.2) is 60.8 Å². The minimum absolute atomic E-state index is 0.313. The summed E-state index contributed by atoms with van der Waals surface area (Å²) < 4.78 is 2.24. The van der Waals surface area contributed by atoms with Crippen LogP contribution in [0.3, 0.4) is 0 Å². The quantitative estimate of drug-likeness (QED) is 0.439. The molecule has 2 aromatic heterocycles. The highest BCUT2D eigenvalue weighted by molar-refractivity contribution is 5.93. The third-order valence-electron chi connectivity index (χ3n) is 4.87. The number of carbonyl (C=O) groups excluding carboxylic acids is 1. The number of hydrogen-bond donors (Lipinski definition) is 3. The van der Waals surface area contributed by atoms with Crippen LogP contribution < -0.4 is 10.6 Å². The molecule has 0 aliphatic heterocycles. The van der Waals surface area contributed by atoms with Crippen LogP contribution >= 0.6 is 0 Å².